The lowest BCUT2D eigenvalue weighted by molar-refractivity contribution is 0.302. The normalized spacial score (nSPS) is 10.4. The quantitative estimate of drug-likeness (QED) is 0.794. The molecule has 4 heteroatoms. The number of halogens is 1. The third-order valence-electron chi connectivity index (χ3n) is 2.30. The van der Waals surface area contributed by atoms with E-state index in [0.29, 0.717) is 12.4 Å². The lowest BCUT2D eigenvalue weighted by Gasteiger charge is -2.07. The molecule has 1 aromatic carbocycles. The van der Waals surface area contributed by atoms with Crippen molar-refractivity contribution < 1.29 is 9.13 Å². The van der Waals surface area contributed by atoms with Gasteiger partial charge in [-0.15, -0.1) is 0 Å². The van der Waals surface area contributed by atoms with Crippen molar-refractivity contribution in [3.05, 3.63) is 47.5 Å². The Morgan fingerprint density at radius 1 is 1.44 bits per heavy atom. The van der Waals surface area contributed by atoms with Crippen molar-refractivity contribution in [1.29, 1.82) is 0 Å². The lowest BCUT2D eigenvalue weighted by Crippen LogP contribution is -1.96. The Morgan fingerprint density at radius 2 is 2.25 bits per heavy atom. The van der Waals surface area contributed by atoms with Crippen LogP contribution in [0.3, 0.4) is 0 Å². The maximum atomic E-state index is 13.0. The Hall–Kier alpha value is -1.84. The van der Waals surface area contributed by atoms with Crippen LogP contribution in [0.2, 0.25) is 0 Å². The van der Waals surface area contributed by atoms with Gasteiger partial charge in [0.15, 0.2) is 0 Å². The number of aryl methyl sites for hydroxylation is 2. The second kappa shape index (κ2) is 4.35. The summed E-state index contributed by atoms with van der Waals surface area (Å²) in [6.45, 7) is 2.29. The van der Waals surface area contributed by atoms with Gasteiger partial charge in [-0.05, 0) is 18.6 Å². The van der Waals surface area contributed by atoms with Crippen LogP contribution < -0.4 is 4.74 Å². The van der Waals surface area contributed by atoms with E-state index in [-0.39, 0.29) is 5.82 Å². The van der Waals surface area contributed by atoms with Crippen LogP contribution in [0.1, 0.15) is 11.1 Å². The standard InChI is InChI=1S/C12H13FN2O/c1-9-3-4-11(13)5-12(9)16-8-10-6-14-15(2)7-10/h3-7H,8H2,1-2H3. The summed E-state index contributed by atoms with van der Waals surface area (Å²) in [5, 5.41) is 4.03. The summed E-state index contributed by atoms with van der Waals surface area (Å²) in [7, 11) is 1.84. The molecule has 0 saturated carbocycles. The predicted molar refractivity (Wildman–Crippen MR) is 58.7 cm³/mol. The molecule has 0 N–H and O–H groups in total. The molecule has 0 aliphatic heterocycles. The third-order valence-corrected chi connectivity index (χ3v) is 2.30. The molecule has 84 valence electrons. The van der Waals surface area contributed by atoms with Gasteiger partial charge in [0, 0.05) is 24.9 Å². The van der Waals surface area contributed by atoms with Crippen LogP contribution in [0.15, 0.2) is 30.6 Å². The molecule has 2 aromatic rings. The Balaban J connectivity index is 2.07. The van der Waals surface area contributed by atoms with Crippen molar-refractivity contribution in [1.82, 2.24) is 9.78 Å². The molecule has 16 heavy (non-hydrogen) atoms. The number of hydrogen-bond donors (Lipinski definition) is 0. The number of hydrogen-bond acceptors (Lipinski definition) is 2. The molecule has 0 spiro atoms. The largest absolute Gasteiger partial charge is 0.488 e. The molecule has 0 unspecified atom stereocenters. The highest BCUT2D eigenvalue weighted by Gasteiger charge is 2.03. The van der Waals surface area contributed by atoms with Crippen LogP contribution in [-0.4, -0.2) is 9.78 Å². The first kappa shape index (κ1) is 10.7. The molecule has 0 radical (unpaired) electrons. The van der Waals surface area contributed by atoms with Crippen molar-refractivity contribution >= 4 is 0 Å². The smallest absolute Gasteiger partial charge is 0.126 e. The zero-order valence-electron chi connectivity index (χ0n) is 9.27. The molecular weight excluding hydrogens is 207 g/mol. The lowest BCUT2D eigenvalue weighted by atomic mass is 10.2. The minimum atomic E-state index is -0.285. The minimum Gasteiger partial charge on any atom is -0.488 e. The van der Waals surface area contributed by atoms with Crippen LogP contribution in [-0.2, 0) is 13.7 Å². The van der Waals surface area contributed by atoms with Crippen LogP contribution in [0.25, 0.3) is 0 Å². The first-order valence-corrected chi connectivity index (χ1v) is 5.01. The summed E-state index contributed by atoms with van der Waals surface area (Å²) < 4.78 is 20.2. The Kier molecular flexibility index (Phi) is 2.90. The van der Waals surface area contributed by atoms with E-state index in [9.17, 15) is 4.39 Å². The van der Waals surface area contributed by atoms with Gasteiger partial charge >= 0.3 is 0 Å². The summed E-state index contributed by atoms with van der Waals surface area (Å²) in [4.78, 5) is 0. The summed E-state index contributed by atoms with van der Waals surface area (Å²) in [5.41, 5.74) is 1.89. The molecular formula is C12H13FN2O. The average molecular weight is 220 g/mol. The highest BCUT2D eigenvalue weighted by molar-refractivity contribution is 5.32. The van der Waals surface area contributed by atoms with Gasteiger partial charge in [0.1, 0.15) is 18.2 Å². The van der Waals surface area contributed by atoms with E-state index in [1.54, 1.807) is 16.9 Å². The van der Waals surface area contributed by atoms with Gasteiger partial charge < -0.3 is 4.74 Å². The van der Waals surface area contributed by atoms with E-state index in [2.05, 4.69) is 5.10 Å². The van der Waals surface area contributed by atoms with E-state index in [1.165, 1.54) is 12.1 Å². The van der Waals surface area contributed by atoms with Gasteiger partial charge in [0.25, 0.3) is 0 Å². The summed E-state index contributed by atoms with van der Waals surface area (Å²) >= 11 is 0. The molecule has 0 aliphatic carbocycles. The fourth-order valence-corrected chi connectivity index (χ4v) is 1.44. The van der Waals surface area contributed by atoms with E-state index in [0.717, 1.165) is 11.1 Å². The maximum absolute atomic E-state index is 13.0. The Bertz CT molecular complexity index is 494. The summed E-state index contributed by atoms with van der Waals surface area (Å²) in [6, 6.07) is 4.52. The predicted octanol–water partition coefficient (Wildman–Crippen LogP) is 2.45. The highest BCUT2D eigenvalue weighted by atomic mass is 19.1. The van der Waals surface area contributed by atoms with Crippen LogP contribution >= 0.6 is 0 Å². The molecule has 3 nitrogen and oxygen atoms in total. The monoisotopic (exact) mass is 220 g/mol. The van der Waals surface area contributed by atoms with Crippen molar-refractivity contribution in [2.75, 3.05) is 0 Å². The molecule has 0 amide bonds. The second-order valence-electron chi connectivity index (χ2n) is 3.72. The van der Waals surface area contributed by atoms with Gasteiger partial charge in [-0.25, -0.2) is 4.39 Å². The van der Waals surface area contributed by atoms with Crippen molar-refractivity contribution in [3.8, 4) is 5.75 Å². The van der Waals surface area contributed by atoms with Crippen molar-refractivity contribution in [2.45, 2.75) is 13.5 Å². The van der Waals surface area contributed by atoms with Crippen LogP contribution in [0.4, 0.5) is 4.39 Å². The van der Waals surface area contributed by atoms with Gasteiger partial charge in [-0.1, -0.05) is 6.07 Å². The molecule has 2 rings (SSSR count). The third kappa shape index (κ3) is 2.39. The number of aromatic nitrogens is 2. The van der Waals surface area contributed by atoms with Gasteiger partial charge in [0.05, 0.1) is 6.20 Å². The highest BCUT2D eigenvalue weighted by Crippen LogP contribution is 2.19. The topological polar surface area (TPSA) is 27.1 Å². The summed E-state index contributed by atoms with van der Waals surface area (Å²) in [5.74, 6) is 0.288. The first-order valence-electron chi connectivity index (χ1n) is 5.01. The van der Waals surface area contributed by atoms with E-state index >= 15 is 0 Å². The zero-order chi connectivity index (χ0) is 11.5. The van der Waals surface area contributed by atoms with Gasteiger partial charge in [0.2, 0.25) is 0 Å². The zero-order valence-corrected chi connectivity index (χ0v) is 9.27. The van der Waals surface area contributed by atoms with Crippen LogP contribution in [0, 0.1) is 12.7 Å². The maximum Gasteiger partial charge on any atom is 0.126 e. The number of benzene rings is 1. The fourth-order valence-electron chi connectivity index (χ4n) is 1.44. The van der Waals surface area contributed by atoms with Gasteiger partial charge in [-0.3, -0.25) is 4.68 Å². The molecule has 0 bridgehead atoms. The van der Waals surface area contributed by atoms with Crippen LogP contribution in [0.5, 0.6) is 5.75 Å². The summed E-state index contributed by atoms with van der Waals surface area (Å²) in [6.07, 6.45) is 3.60. The van der Waals surface area contributed by atoms with E-state index in [4.69, 9.17) is 4.74 Å². The molecule has 1 heterocycles. The van der Waals surface area contributed by atoms with Gasteiger partial charge in [-0.2, -0.15) is 5.10 Å². The van der Waals surface area contributed by atoms with Crippen molar-refractivity contribution in [3.63, 3.8) is 0 Å². The Morgan fingerprint density at radius 3 is 2.94 bits per heavy atom. The molecule has 0 atom stereocenters. The minimum absolute atomic E-state index is 0.285. The Labute approximate surface area is 93.5 Å². The number of ether oxygens (including phenoxy) is 1. The van der Waals surface area contributed by atoms with E-state index < -0.39 is 0 Å². The average Bonchev–Trinajstić information content (AvgIpc) is 2.66. The number of rotatable bonds is 3. The molecule has 0 fully saturated rings. The second-order valence-corrected chi connectivity index (χ2v) is 3.72. The molecule has 0 aliphatic rings. The van der Waals surface area contributed by atoms with E-state index in [1.807, 2.05) is 20.2 Å². The SMILES string of the molecule is Cc1ccc(F)cc1OCc1cnn(C)c1. The number of nitrogens with zero attached hydrogens (tertiary/aromatic N) is 2. The first-order chi connectivity index (χ1) is 7.65. The molecule has 0 saturated heterocycles. The fraction of sp³-hybridized carbons (Fsp3) is 0.250. The van der Waals surface area contributed by atoms with Crippen molar-refractivity contribution in [2.24, 2.45) is 7.05 Å². The molecule has 1 aromatic heterocycles.